The Morgan fingerprint density at radius 3 is 2.44 bits per heavy atom. The zero-order valence-electron chi connectivity index (χ0n) is 15.1. The maximum atomic E-state index is 3.59. The lowest BCUT2D eigenvalue weighted by atomic mass is 9.76. The molecule has 0 aliphatic heterocycles. The van der Waals surface area contributed by atoms with Gasteiger partial charge in [-0.3, -0.25) is 0 Å². The number of aromatic nitrogens is 1. The van der Waals surface area contributed by atoms with Gasteiger partial charge in [-0.1, -0.05) is 54.6 Å². The lowest BCUT2D eigenvalue weighted by Crippen LogP contribution is -2.47. The molecule has 2 heteroatoms. The molecule has 2 nitrogen and oxygen atoms in total. The highest BCUT2D eigenvalue weighted by molar-refractivity contribution is 5.84. The van der Waals surface area contributed by atoms with Crippen molar-refractivity contribution < 1.29 is 0 Å². The molecule has 1 atom stereocenters. The van der Waals surface area contributed by atoms with Gasteiger partial charge in [0.25, 0.3) is 0 Å². The van der Waals surface area contributed by atoms with Crippen molar-refractivity contribution in [2.75, 3.05) is 14.1 Å². The van der Waals surface area contributed by atoms with E-state index in [9.17, 15) is 0 Å². The number of aromatic amines is 1. The summed E-state index contributed by atoms with van der Waals surface area (Å²) in [5.41, 5.74) is 5.62. The summed E-state index contributed by atoms with van der Waals surface area (Å²) in [5.74, 6) is 0. The molecule has 0 fully saturated rings. The van der Waals surface area contributed by atoms with Crippen molar-refractivity contribution in [1.29, 1.82) is 0 Å². The Bertz CT molecular complexity index is 856. The molecule has 0 amide bonds. The van der Waals surface area contributed by atoms with Crippen molar-refractivity contribution in [2.24, 2.45) is 0 Å². The molecular weight excluding hydrogens is 304 g/mol. The average molecular weight is 330 g/mol. The van der Waals surface area contributed by atoms with Gasteiger partial charge in [-0.15, -0.1) is 0 Å². The first kappa shape index (κ1) is 16.2. The standard InChI is InChI=1S/C23H26N2/c1-25(2)23(17-18-8-4-3-5-9-18)14-12-19(13-15-23)22-16-20-10-6-7-11-21(20)24-22/h3-12,16,24H,13-15,17H2,1-2H3. The molecule has 1 aromatic heterocycles. The van der Waals surface area contributed by atoms with Crippen LogP contribution in [0.25, 0.3) is 16.5 Å². The second-order valence-corrected chi connectivity index (χ2v) is 7.48. The van der Waals surface area contributed by atoms with Crippen molar-refractivity contribution in [3.8, 4) is 0 Å². The van der Waals surface area contributed by atoms with E-state index in [0.29, 0.717) is 0 Å². The van der Waals surface area contributed by atoms with Crippen molar-refractivity contribution >= 4 is 16.5 Å². The Morgan fingerprint density at radius 2 is 1.76 bits per heavy atom. The van der Waals surface area contributed by atoms with E-state index in [0.717, 1.165) is 19.3 Å². The third kappa shape index (κ3) is 3.14. The second kappa shape index (κ2) is 6.53. The lowest BCUT2D eigenvalue weighted by molar-refractivity contribution is 0.138. The summed E-state index contributed by atoms with van der Waals surface area (Å²) in [6, 6.07) is 21.7. The largest absolute Gasteiger partial charge is 0.355 e. The van der Waals surface area contributed by atoms with E-state index in [1.165, 1.54) is 34.2 Å². The van der Waals surface area contributed by atoms with E-state index >= 15 is 0 Å². The maximum absolute atomic E-state index is 3.59. The quantitative estimate of drug-likeness (QED) is 0.689. The summed E-state index contributed by atoms with van der Waals surface area (Å²) >= 11 is 0. The predicted molar refractivity (Wildman–Crippen MR) is 107 cm³/mol. The van der Waals surface area contributed by atoms with Crippen LogP contribution in [0, 0.1) is 0 Å². The first-order valence-corrected chi connectivity index (χ1v) is 9.15. The number of allylic oxidation sites excluding steroid dienone is 1. The van der Waals surface area contributed by atoms with E-state index < -0.39 is 0 Å². The van der Waals surface area contributed by atoms with Crippen LogP contribution >= 0.6 is 0 Å². The monoisotopic (exact) mass is 330 g/mol. The van der Waals surface area contributed by atoms with Gasteiger partial charge in [-0.25, -0.2) is 0 Å². The summed E-state index contributed by atoms with van der Waals surface area (Å²) in [4.78, 5) is 6.02. The van der Waals surface area contributed by atoms with E-state index in [1.807, 2.05) is 0 Å². The Labute approximate surface area is 150 Å². The number of benzene rings is 2. The maximum Gasteiger partial charge on any atom is 0.0458 e. The average Bonchev–Trinajstić information content (AvgIpc) is 3.07. The highest BCUT2D eigenvalue weighted by Gasteiger charge is 2.34. The molecule has 0 spiro atoms. The number of nitrogens with zero attached hydrogens (tertiary/aromatic N) is 1. The Balaban J connectivity index is 1.60. The smallest absolute Gasteiger partial charge is 0.0458 e. The fourth-order valence-corrected chi connectivity index (χ4v) is 4.08. The summed E-state index contributed by atoms with van der Waals surface area (Å²) < 4.78 is 0. The zero-order chi connectivity index (χ0) is 17.3. The third-order valence-electron chi connectivity index (χ3n) is 5.79. The molecule has 1 aliphatic carbocycles. The summed E-state index contributed by atoms with van der Waals surface area (Å²) in [6.07, 6.45) is 6.97. The third-order valence-corrected chi connectivity index (χ3v) is 5.79. The van der Waals surface area contributed by atoms with Gasteiger partial charge in [-0.2, -0.15) is 0 Å². The molecular formula is C23H26N2. The number of fused-ring (bicyclic) bond motifs is 1. The van der Waals surface area contributed by atoms with Crippen LogP contribution < -0.4 is 0 Å². The molecule has 4 rings (SSSR count). The van der Waals surface area contributed by atoms with Crippen LogP contribution in [-0.2, 0) is 6.42 Å². The molecule has 0 saturated heterocycles. The van der Waals surface area contributed by atoms with Crippen molar-refractivity contribution in [1.82, 2.24) is 9.88 Å². The first-order chi connectivity index (χ1) is 12.2. The minimum absolute atomic E-state index is 0.219. The van der Waals surface area contributed by atoms with Gasteiger partial charge in [0.05, 0.1) is 0 Å². The minimum atomic E-state index is 0.219. The van der Waals surface area contributed by atoms with E-state index in [1.54, 1.807) is 0 Å². The molecule has 3 aromatic rings. The molecule has 0 saturated carbocycles. The van der Waals surface area contributed by atoms with Crippen LogP contribution in [0.5, 0.6) is 0 Å². The molecule has 0 bridgehead atoms. The zero-order valence-corrected chi connectivity index (χ0v) is 15.1. The summed E-state index contributed by atoms with van der Waals surface area (Å²) in [5, 5.41) is 1.30. The molecule has 25 heavy (non-hydrogen) atoms. The number of para-hydroxylation sites is 1. The fourth-order valence-electron chi connectivity index (χ4n) is 4.08. The topological polar surface area (TPSA) is 19.0 Å². The summed E-state index contributed by atoms with van der Waals surface area (Å²) in [7, 11) is 4.45. The van der Waals surface area contributed by atoms with Crippen LogP contribution in [0.2, 0.25) is 0 Å². The van der Waals surface area contributed by atoms with E-state index in [-0.39, 0.29) is 5.54 Å². The SMILES string of the molecule is CN(C)C1(Cc2ccccc2)CC=C(c2cc3ccccc3[nH]2)CC1. The number of rotatable bonds is 4. The number of hydrogen-bond donors (Lipinski definition) is 1. The normalized spacial score (nSPS) is 20.8. The van der Waals surface area contributed by atoms with Crippen molar-refractivity contribution in [2.45, 2.75) is 31.2 Å². The Morgan fingerprint density at radius 1 is 1.00 bits per heavy atom. The van der Waals surface area contributed by atoms with Crippen LogP contribution in [0.1, 0.15) is 30.5 Å². The first-order valence-electron chi connectivity index (χ1n) is 9.15. The number of nitrogens with one attached hydrogen (secondary N) is 1. The number of H-pyrrole nitrogens is 1. The predicted octanol–water partition coefficient (Wildman–Crippen LogP) is 5.28. The van der Waals surface area contributed by atoms with Crippen LogP contribution in [0.15, 0.2) is 66.7 Å². The van der Waals surface area contributed by atoms with Crippen molar-refractivity contribution in [3.05, 3.63) is 78.0 Å². The van der Waals surface area contributed by atoms with Crippen LogP contribution in [0.3, 0.4) is 0 Å². The molecule has 1 N–H and O–H groups in total. The molecule has 1 unspecified atom stereocenters. The highest BCUT2D eigenvalue weighted by atomic mass is 15.1. The van der Waals surface area contributed by atoms with Gasteiger partial charge in [-0.05, 0) is 68.4 Å². The molecule has 0 radical (unpaired) electrons. The Hall–Kier alpha value is -2.32. The second-order valence-electron chi connectivity index (χ2n) is 7.48. The molecule has 1 aliphatic rings. The van der Waals surface area contributed by atoms with Gasteiger partial charge in [0.1, 0.15) is 0 Å². The molecule has 1 heterocycles. The lowest BCUT2D eigenvalue weighted by Gasteiger charge is -2.42. The van der Waals surface area contributed by atoms with Crippen LogP contribution in [0.4, 0.5) is 0 Å². The number of likely N-dealkylation sites (N-methyl/N-ethyl adjacent to an activating group) is 1. The molecule has 2 aromatic carbocycles. The van der Waals surface area contributed by atoms with Gasteiger partial charge < -0.3 is 9.88 Å². The van der Waals surface area contributed by atoms with Gasteiger partial charge in [0, 0.05) is 16.7 Å². The summed E-state index contributed by atoms with van der Waals surface area (Å²) in [6.45, 7) is 0. The van der Waals surface area contributed by atoms with Crippen molar-refractivity contribution in [3.63, 3.8) is 0 Å². The van der Waals surface area contributed by atoms with E-state index in [2.05, 4.69) is 90.7 Å². The Kier molecular flexibility index (Phi) is 4.22. The number of hydrogen-bond acceptors (Lipinski definition) is 1. The van der Waals surface area contributed by atoms with Gasteiger partial charge >= 0.3 is 0 Å². The minimum Gasteiger partial charge on any atom is -0.355 e. The van der Waals surface area contributed by atoms with E-state index in [4.69, 9.17) is 0 Å². The highest BCUT2D eigenvalue weighted by Crippen LogP contribution is 2.38. The van der Waals surface area contributed by atoms with Crippen LogP contribution in [-0.4, -0.2) is 29.5 Å². The fraction of sp³-hybridized carbons (Fsp3) is 0.304. The van der Waals surface area contributed by atoms with Gasteiger partial charge in [0.15, 0.2) is 0 Å². The molecule has 128 valence electrons. The van der Waals surface area contributed by atoms with Gasteiger partial charge in [0.2, 0.25) is 0 Å².